The highest BCUT2D eigenvalue weighted by Gasteiger charge is 2.20. The molecule has 2 N–H and O–H groups in total. The van der Waals surface area contributed by atoms with E-state index in [-0.39, 0.29) is 0 Å². The number of anilines is 2. The molecule has 0 aromatic carbocycles. The Bertz CT molecular complexity index is 378. The molecular weight excluding hydrogens is 240 g/mol. The molecule has 0 atom stereocenters. The highest BCUT2D eigenvalue weighted by atomic mass is 35.5. The van der Waals surface area contributed by atoms with E-state index in [0.29, 0.717) is 29.9 Å². The Morgan fingerprint density at radius 3 is 2.65 bits per heavy atom. The molecule has 0 unspecified atom stereocenters. The van der Waals surface area contributed by atoms with Crippen LogP contribution < -0.4 is 10.2 Å². The van der Waals surface area contributed by atoms with Gasteiger partial charge in [-0.3, -0.25) is 0 Å². The molecule has 5 nitrogen and oxygen atoms in total. The lowest BCUT2D eigenvalue weighted by molar-refractivity contribution is 0.0874. The Labute approximate surface area is 107 Å². The number of aliphatic hydroxyl groups is 1. The Morgan fingerprint density at radius 1 is 1.53 bits per heavy atom. The summed E-state index contributed by atoms with van der Waals surface area (Å²) in [6, 6.07) is 0. The zero-order valence-electron chi connectivity index (χ0n) is 10.7. The summed E-state index contributed by atoms with van der Waals surface area (Å²) < 4.78 is 0. The largest absolute Gasteiger partial charge is 0.389 e. The van der Waals surface area contributed by atoms with Gasteiger partial charge in [-0.2, -0.15) is 4.98 Å². The predicted molar refractivity (Wildman–Crippen MR) is 70.8 cm³/mol. The molecule has 0 aliphatic carbocycles. The second-order valence-electron chi connectivity index (χ2n) is 4.44. The van der Waals surface area contributed by atoms with E-state index in [1.165, 1.54) is 0 Å². The Hall–Kier alpha value is -1.07. The van der Waals surface area contributed by atoms with Gasteiger partial charge in [-0.15, -0.1) is 0 Å². The molecule has 1 aromatic heterocycles. The van der Waals surface area contributed by atoms with Crippen LogP contribution in [0.1, 0.15) is 20.8 Å². The summed E-state index contributed by atoms with van der Waals surface area (Å²) in [7, 11) is 1.75. The van der Waals surface area contributed by atoms with Crippen LogP contribution in [0.3, 0.4) is 0 Å². The normalized spacial score (nSPS) is 11.4. The lowest BCUT2D eigenvalue weighted by Gasteiger charge is -2.29. The second kappa shape index (κ2) is 5.51. The van der Waals surface area contributed by atoms with Crippen molar-refractivity contribution >= 4 is 23.4 Å². The summed E-state index contributed by atoms with van der Waals surface area (Å²) in [4.78, 5) is 10.3. The highest BCUT2D eigenvalue weighted by Crippen LogP contribution is 2.24. The lowest BCUT2D eigenvalue weighted by Crippen LogP contribution is -2.39. The van der Waals surface area contributed by atoms with Crippen molar-refractivity contribution < 1.29 is 5.11 Å². The Kier molecular flexibility index (Phi) is 4.54. The van der Waals surface area contributed by atoms with Crippen molar-refractivity contribution in [3.63, 3.8) is 0 Å². The van der Waals surface area contributed by atoms with Crippen molar-refractivity contribution in [1.29, 1.82) is 0 Å². The van der Waals surface area contributed by atoms with Gasteiger partial charge in [0.15, 0.2) is 5.82 Å². The van der Waals surface area contributed by atoms with Crippen LogP contribution in [0.2, 0.25) is 5.02 Å². The van der Waals surface area contributed by atoms with E-state index < -0.39 is 5.60 Å². The fourth-order valence-electron chi connectivity index (χ4n) is 1.50. The second-order valence-corrected chi connectivity index (χ2v) is 4.85. The van der Waals surface area contributed by atoms with E-state index in [9.17, 15) is 5.11 Å². The number of nitrogens with one attached hydrogen (secondary N) is 1. The molecule has 0 spiro atoms. The standard InChI is InChI=1S/C11H19ClN4O/c1-5-16(7-11(2,3)17)9-8(12)6-14-10(13-4)15-9/h6,17H,5,7H2,1-4H3,(H,13,14,15). The quantitative estimate of drug-likeness (QED) is 0.843. The minimum atomic E-state index is -0.801. The van der Waals surface area contributed by atoms with Gasteiger partial charge in [-0.25, -0.2) is 4.98 Å². The molecule has 1 heterocycles. The number of hydrogen-bond acceptors (Lipinski definition) is 5. The minimum Gasteiger partial charge on any atom is -0.389 e. The number of halogens is 1. The van der Waals surface area contributed by atoms with Crippen LogP contribution in [0.25, 0.3) is 0 Å². The molecule has 0 amide bonds. The maximum atomic E-state index is 9.85. The smallest absolute Gasteiger partial charge is 0.224 e. The lowest BCUT2D eigenvalue weighted by atomic mass is 10.1. The average molecular weight is 259 g/mol. The van der Waals surface area contributed by atoms with Crippen molar-refractivity contribution in [3.05, 3.63) is 11.2 Å². The van der Waals surface area contributed by atoms with E-state index in [0.717, 1.165) is 0 Å². The summed E-state index contributed by atoms with van der Waals surface area (Å²) in [6.45, 7) is 6.67. The number of nitrogens with zero attached hydrogens (tertiary/aromatic N) is 3. The van der Waals surface area contributed by atoms with Gasteiger partial charge in [-0.1, -0.05) is 11.6 Å². The number of likely N-dealkylation sites (N-methyl/N-ethyl adjacent to an activating group) is 1. The zero-order valence-corrected chi connectivity index (χ0v) is 11.4. The molecule has 0 aliphatic heterocycles. The van der Waals surface area contributed by atoms with E-state index in [2.05, 4.69) is 15.3 Å². The summed E-state index contributed by atoms with van der Waals surface area (Å²) in [5.74, 6) is 1.15. The van der Waals surface area contributed by atoms with Crippen molar-refractivity contribution in [2.24, 2.45) is 0 Å². The van der Waals surface area contributed by atoms with Crippen molar-refractivity contribution in [2.45, 2.75) is 26.4 Å². The average Bonchev–Trinajstić information content (AvgIpc) is 2.25. The van der Waals surface area contributed by atoms with Gasteiger partial charge in [0.25, 0.3) is 0 Å². The molecule has 17 heavy (non-hydrogen) atoms. The Balaban J connectivity index is 3.02. The van der Waals surface area contributed by atoms with Crippen LogP contribution in [0.4, 0.5) is 11.8 Å². The fourth-order valence-corrected chi connectivity index (χ4v) is 1.71. The van der Waals surface area contributed by atoms with Crippen molar-refractivity contribution in [2.75, 3.05) is 30.4 Å². The predicted octanol–water partition coefficient (Wildman–Crippen LogP) is 1.77. The van der Waals surface area contributed by atoms with Crippen molar-refractivity contribution in [3.8, 4) is 0 Å². The van der Waals surface area contributed by atoms with Gasteiger partial charge < -0.3 is 15.3 Å². The number of hydrogen-bond donors (Lipinski definition) is 2. The SMILES string of the molecule is CCN(CC(C)(C)O)c1nc(NC)ncc1Cl. The maximum absolute atomic E-state index is 9.85. The van der Waals surface area contributed by atoms with Gasteiger partial charge >= 0.3 is 0 Å². The van der Waals surface area contributed by atoms with Gasteiger partial charge in [0.2, 0.25) is 5.95 Å². The Morgan fingerprint density at radius 2 is 2.18 bits per heavy atom. The topological polar surface area (TPSA) is 61.3 Å². The first-order valence-electron chi connectivity index (χ1n) is 5.55. The van der Waals surface area contributed by atoms with E-state index in [1.54, 1.807) is 27.1 Å². The van der Waals surface area contributed by atoms with Crippen LogP contribution in [0.5, 0.6) is 0 Å². The third kappa shape index (κ3) is 4.02. The van der Waals surface area contributed by atoms with E-state index >= 15 is 0 Å². The molecular formula is C11H19ClN4O. The summed E-state index contributed by atoms with van der Waals surface area (Å²) >= 11 is 6.08. The maximum Gasteiger partial charge on any atom is 0.224 e. The molecule has 0 saturated carbocycles. The summed E-state index contributed by atoms with van der Waals surface area (Å²) in [6.07, 6.45) is 1.56. The van der Waals surface area contributed by atoms with E-state index in [4.69, 9.17) is 11.6 Å². The van der Waals surface area contributed by atoms with Gasteiger partial charge in [0.1, 0.15) is 5.02 Å². The van der Waals surface area contributed by atoms with Crippen LogP contribution >= 0.6 is 11.6 Å². The molecule has 1 aromatic rings. The van der Waals surface area contributed by atoms with E-state index in [1.807, 2.05) is 11.8 Å². The van der Waals surface area contributed by atoms with Gasteiger partial charge in [0, 0.05) is 20.1 Å². The van der Waals surface area contributed by atoms with Crippen LogP contribution in [-0.2, 0) is 0 Å². The monoisotopic (exact) mass is 258 g/mol. The third-order valence-electron chi connectivity index (χ3n) is 2.21. The van der Waals surface area contributed by atoms with Crippen LogP contribution in [0, 0.1) is 0 Å². The minimum absolute atomic E-state index is 0.462. The summed E-state index contributed by atoms with van der Waals surface area (Å²) in [5, 5.41) is 13.2. The molecule has 6 heteroatoms. The van der Waals surface area contributed by atoms with Crippen LogP contribution in [-0.4, -0.2) is 40.8 Å². The first kappa shape index (κ1) is 14.0. The number of rotatable bonds is 5. The molecule has 0 aliphatic rings. The van der Waals surface area contributed by atoms with Crippen molar-refractivity contribution in [1.82, 2.24) is 9.97 Å². The molecule has 0 bridgehead atoms. The van der Waals surface area contributed by atoms with Gasteiger partial charge in [-0.05, 0) is 20.8 Å². The first-order chi connectivity index (χ1) is 7.87. The highest BCUT2D eigenvalue weighted by molar-refractivity contribution is 6.32. The van der Waals surface area contributed by atoms with Gasteiger partial charge in [0.05, 0.1) is 11.8 Å². The number of aromatic nitrogens is 2. The molecule has 0 radical (unpaired) electrons. The third-order valence-corrected chi connectivity index (χ3v) is 2.47. The first-order valence-corrected chi connectivity index (χ1v) is 5.92. The summed E-state index contributed by atoms with van der Waals surface area (Å²) in [5.41, 5.74) is -0.801. The molecule has 1 rings (SSSR count). The molecule has 0 saturated heterocycles. The zero-order chi connectivity index (χ0) is 13.1. The fraction of sp³-hybridized carbons (Fsp3) is 0.636. The molecule has 0 fully saturated rings. The van der Waals surface area contributed by atoms with Crippen LogP contribution in [0.15, 0.2) is 6.20 Å². The molecule has 96 valence electrons.